The fourth-order valence-corrected chi connectivity index (χ4v) is 4.44. The van der Waals surface area contributed by atoms with Gasteiger partial charge in [0.2, 0.25) is 5.95 Å². The Labute approximate surface area is 203 Å². The third-order valence-electron chi connectivity index (χ3n) is 6.47. The van der Waals surface area contributed by atoms with Crippen LogP contribution in [0.3, 0.4) is 0 Å². The molecule has 1 aliphatic heterocycles. The summed E-state index contributed by atoms with van der Waals surface area (Å²) < 4.78 is 11.3. The van der Waals surface area contributed by atoms with Crippen LogP contribution in [-0.4, -0.2) is 63.7 Å². The van der Waals surface area contributed by atoms with Crippen LogP contribution in [0.2, 0.25) is 0 Å². The molecule has 0 radical (unpaired) electrons. The zero-order valence-electron chi connectivity index (χ0n) is 20.3. The second-order valence-electron chi connectivity index (χ2n) is 9.63. The highest BCUT2D eigenvalue weighted by atomic mass is 16.5. The topological polar surface area (TPSA) is 128 Å². The van der Waals surface area contributed by atoms with Crippen molar-refractivity contribution >= 4 is 34.4 Å². The van der Waals surface area contributed by atoms with E-state index in [1.165, 1.54) is 0 Å². The summed E-state index contributed by atoms with van der Waals surface area (Å²) in [5.41, 5.74) is 2.19. The first-order chi connectivity index (χ1) is 16.8. The number of rotatable bonds is 6. The molecule has 0 unspecified atom stereocenters. The predicted octanol–water partition coefficient (Wildman–Crippen LogP) is 3.80. The summed E-state index contributed by atoms with van der Waals surface area (Å²) >= 11 is 0. The second kappa shape index (κ2) is 8.74. The van der Waals surface area contributed by atoms with Crippen LogP contribution in [0.25, 0.3) is 11.0 Å². The minimum Gasteiger partial charge on any atom is -0.495 e. The minimum absolute atomic E-state index is 0.00662. The van der Waals surface area contributed by atoms with Gasteiger partial charge in [-0.15, -0.1) is 0 Å². The van der Waals surface area contributed by atoms with Crippen LogP contribution in [0.5, 0.6) is 5.75 Å². The van der Waals surface area contributed by atoms with Gasteiger partial charge in [-0.2, -0.15) is 15.2 Å². The van der Waals surface area contributed by atoms with Gasteiger partial charge in [-0.25, -0.2) is 0 Å². The Morgan fingerprint density at radius 3 is 2.69 bits per heavy atom. The Morgan fingerprint density at radius 1 is 1.29 bits per heavy atom. The van der Waals surface area contributed by atoms with E-state index >= 15 is 0 Å². The molecular weight excluding hydrogens is 446 g/mol. The summed E-state index contributed by atoms with van der Waals surface area (Å²) in [4.78, 5) is 27.2. The van der Waals surface area contributed by atoms with Gasteiger partial charge in [-0.3, -0.25) is 4.79 Å². The number of benzene rings is 1. The van der Waals surface area contributed by atoms with Crippen molar-refractivity contribution in [2.24, 2.45) is 0 Å². The van der Waals surface area contributed by atoms with Gasteiger partial charge in [0.25, 0.3) is 5.91 Å². The SMILES string of the molecule is COc1cc(C(=O)N2C[C@@H](C)O[C@@H](C)C2)ccc1Nc1nc(NC2(C)CC2)c2c(C#N)c[nH]c2n1. The van der Waals surface area contributed by atoms with E-state index in [1.807, 2.05) is 18.7 Å². The molecule has 1 amide bonds. The van der Waals surface area contributed by atoms with Crippen LogP contribution < -0.4 is 15.4 Å². The molecule has 1 aromatic carbocycles. The number of anilines is 3. The highest BCUT2D eigenvalue weighted by Gasteiger charge is 2.38. The zero-order valence-corrected chi connectivity index (χ0v) is 20.3. The molecule has 35 heavy (non-hydrogen) atoms. The third-order valence-corrected chi connectivity index (χ3v) is 6.47. The Morgan fingerprint density at radius 2 is 2.03 bits per heavy atom. The van der Waals surface area contributed by atoms with E-state index in [1.54, 1.807) is 31.5 Å². The van der Waals surface area contributed by atoms with Crippen molar-refractivity contribution in [2.45, 2.75) is 51.4 Å². The molecule has 5 rings (SSSR count). The average molecular weight is 476 g/mol. The smallest absolute Gasteiger partial charge is 0.254 e. The lowest BCUT2D eigenvalue weighted by Crippen LogP contribution is -2.48. The number of fused-ring (bicyclic) bond motifs is 1. The summed E-state index contributed by atoms with van der Waals surface area (Å²) in [7, 11) is 1.56. The molecule has 2 atom stereocenters. The second-order valence-corrected chi connectivity index (χ2v) is 9.63. The molecule has 3 aromatic rings. The van der Waals surface area contributed by atoms with Crippen LogP contribution in [0.4, 0.5) is 17.5 Å². The van der Waals surface area contributed by atoms with Crippen molar-refractivity contribution in [3.63, 3.8) is 0 Å². The summed E-state index contributed by atoms with van der Waals surface area (Å²) in [6, 6.07) is 7.48. The zero-order chi connectivity index (χ0) is 24.7. The number of carbonyl (C=O) groups is 1. The molecule has 2 fully saturated rings. The molecule has 2 aromatic heterocycles. The summed E-state index contributed by atoms with van der Waals surface area (Å²) in [5, 5.41) is 16.9. The number of amides is 1. The molecule has 0 bridgehead atoms. The Bertz CT molecular complexity index is 1310. The van der Waals surface area contributed by atoms with Gasteiger partial charge in [0.1, 0.15) is 23.3 Å². The predicted molar refractivity (Wildman–Crippen MR) is 132 cm³/mol. The summed E-state index contributed by atoms with van der Waals surface area (Å²) in [5.74, 6) is 1.40. The minimum atomic E-state index is -0.0610. The van der Waals surface area contributed by atoms with Crippen molar-refractivity contribution < 1.29 is 14.3 Å². The van der Waals surface area contributed by atoms with Crippen LogP contribution in [-0.2, 0) is 4.74 Å². The van der Waals surface area contributed by atoms with Crippen molar-refractivity contribution in [3.8, 4) is 11.8 Å². The monoisotopic (exact) mass is 475 g/mol. The lowest BCUT2D eigenvalue weighted by atomic mass is 10.1. The molecule has 1 saturated heterocycles. The number of nitrogens with zero attached hydrogens (tertiary/aromatic N) is 4. The van der Waals surface area contributed by atoms with Crippen LogP contribution in [0.15, 0.2) is 24.4 Å². The molecule has 3 heterocycles. The maximum atomic E-state index is 13.1. The van der Waals surface area contributed by atoms with E-state index in [9.17, 15) is 10.1 Å². The number of hydrogen-bond donors (Lipinski definition) is 3. The lowest BCUT2D eigenvalue weighted by molar-refractivity contribution is -0.0586. The number of methoxy groups -OCH3 is 1. The highest BCUT2D eigenvalue weighted by Crippen LogP contribution is 2.40. The van der Waals surface area contributed by atoms with Crippen molar-refractivity contribution in [3.05, 3.63) is 35.5 Å². The van der Waals surface area contributed by atoms with Crippen LogP contribution in [0, 0.1) is 11.3 Å². The van der Waals surface area contributed by atoms with Crippen molar-refractivity contribution in [1.29, 1.82) is 5.26 Å². The maximum Gasteiger partial charge on any atom is 0.254 e. The Hall–Kier alpha value is -3.84. The lowest BCUT2D eigenvalue weighted by Gasteiger charge is -2.35. The number of hydrogen-bond acceptors (Lipinski definition) is 8. The third kappa shape index (κ3) is 4.59. The Kier molecular flexibility index (Phi) is 5.73. The molecule has 3 N–H and O–H groups in total. The first kappa shape index (κ1) is 22.9. The van der Waals surface area contributed by atoms with Gasteiger partial charge < -0.3 is 30.0 Å². The van der Waals surface area contributed by atoms with E-state index in [-0.39, 0.29) is 23.7 Å². The molecule has 0 spiro atoms. The molecule has 182 valence electrons. The number of H-pyrrole nitrogens is 1. The molecule has 2 aliphatic rings. The fraction of sp³-hybridized carbons (Fsp3) is 0.440. The molecule has 10 heteroatoms. The quantitative estimate of drug-likeness (QED) is 0.491. The molecular formula is C25H29N7O3. The van der Waals surface area contributed by atoms with Gasteiger partial charge in [-0.05, 0) is 51.8 Å². The van der Waals surface area contributed by atoms with Crippen LogP contribution >= 0.6 is 0 Å². The first-order valence-corrected chi connectivity index (χ1v) is 11.8. The van der Waals surface area contributed by atoms with E-state index in [4.69, 9.17) is 9.47 Å². The first-order valence-electron chi connectivity index (χ1n) is 11.8. The van der Waals surface area contributed by atoms with Gasteiger partial charge in [-0.1, -0.05) is 0 Å². The van der Waals surface area contributed by atoms with E-state index in [0.29, 0.717) is 58.5 Å². The normalized spacial score (nSPS) is 20.8. The van der Waals surface area contributed by atoms with Crippen molar-refractivity contribution in [2.75, 3.05) is 30.8 Å². The fourth-order valence-electron chi connectivity index (χ4n) is 4.44. The van der Waals surface area contributed by atoms with Crippen molar-refractivity contribution in [1.82, 2.24) is 19.9 Å². The van der Waals surface area contributed by atoms with Gasteiger partial charge >= 0.3 is 0 Å². The summed E-state index contributed by atoms with van der Waals surface area (Å²) in [6.07, 6.45) is 3.70. The number of morpholine rings is 1. The number of aromatic amines is 1. The molecule has 10 nitrogen and oxygen atoms in total. The number of nitriles is 1. The summed E-state index contributed by atoms with van der Waals surface area (Å²) in [6.45, 7) is 7.17. The van der Waals surface area contributed by atoms with E-state index in [0.717, 1.165) is 12.8 Å². The van der Waals surface area contributed by atoms with Gasteiger partial charge in [0, 0.05) is 30.4 Å². The standard InChI is InChI=1S/C25H29N7O3/c1-14-12-32(13-15(2)35-14)23(33)16-5-6-18(19(9-16)34-4)28-24-29-21-20(17(10-26)11-27-21)22(30-24)31-25(3)7-8-25/h5-6,9,11,14-15H,7-8,12-13H2,1-4H3,(H3,27,28,29,30,31)/t14-,15+. The highest BCUT2D eigenvalue weighted by molar-refractivity contribution is 5.96. The van der Waals surface area contributed by atoms with E-state index in [2.05, 4.69) is 38.6 Å². The van der Waals surface area contributed by atoms with Crippen LogP contribution in [0.1, 0.15) is 49.5 Å². The number of aromatic nitrogens is 3. The van der Waals surface area contributed by atoms with Gasteiger partial charge in [0.15, 0.2) is 0 Å². The molecule has 1 aliphatic carbocycles. The largest absolute Gasteiger partial charge is 0.495 e. The Balaban J connectivity index is 1.43. The van der Waals surface area contributed by atoms with E-state index < -0.39 is 0 Å². The molecule has 1 saturated carbocycles. The van der Waals surface area contributed by atoms with Gasteiger partial charge in [0.05, 0.1) is 36.0 Å². The number of nitrogens with one attached hydrogen (secondary N) is 3. The number of ether oxygens (including phenoxy) is 2. The average Bonchev–Trinajstić information content (AvgIpc) is 3.40. The number of carbonyl (C=O) groups excluding carboxylic acids is 1. The maximum absolute atomic E-state index is 13.1.